The quantitative estimate of drug-likeness (QED) is 0.889. The molecule has 4 nitrogen and oxygen atoms in total. The number of carbonyl (C=O) groups is 2. The van der Waals surface area contributed by atoms with Crippen molar-refractivity contribution in [3.8, 4) is 0 Å². The third-order valence-corrected chi connectivity index (χ3v) is 5.94. The molecule has 0 bridgehead atoms. The maximum absolute atomic E-state index is 14.0. The Hall–Kier alpha value is -1.91. The molecule has 5 heteroatoms. The molecule has 26 heavy (non-hydrogen) atoms. The first-order valence-electron chi connectivity index (χ1n) is 9.61. The normalized spacial score (nSPS) is 26.8. The van der Waals surface area contributed by atoms with Gasteiger partial charge in [-0.15, -0.1) is 0 Å². The van der Waals surface area contributed by atoms with E-state index in [1.54, 1.807) is 18.2 Å². The number of hydrogen-bond donors (Lipinski definition) is 1. The molecule has 2 amide bonds. The highest BCUT2D eigenvalue weighted by Crippen LogP contribution is 2.38. The summed E-state index contributed by atoms with van der Waals surface area (Å²) in [5.41, 5.74) is 0.575. The van der Waals surface area contributed by atoms with Crippen molar-refractivity contribution in [1.29, 1.82) is 0 Å². The van der Waals surface area contributed by atoms with Gasteiger partial charge in [-0.25, -0.2) is 4.39 Å². The molecule has 1 aromatic rings. The Kier molecular flexibility index (Phi) is 5.35. The number of hydrogen-bond acceptors (Lipinski definition) is 2. The Labute approximate surface area is 155 Å². The number of carbonyl (C=O) groups excluding carboxylic acids is 2. The van der Waals surface area contributed by atoms with E-state index in [-0.39, 0.29) is 36.5 Å². The molecule has 1 heterocycles. The van der Waals surface area contributed by atoms with Crippen molar-refractivity contribution in [3.63, 3.8) is 0 Å². The smallest absolute Gasteiger partial charge is 0.227 e. The molecule has 1 aromatic carbocycles. The van der Waals surface area contributed by atoms with Crippen LogP contribution in [0.1, 0.15) is 52.9 Å². The molecule has 0 aromatic heterocycles. The van der Waals surface area contributed by atoms with Gasteiger partial charge < -0.3 is 10.2 Å². The molecule has 3 rings (SSSR count). The minimum Gasteiger partial charge on any atom is -0.353 e. The summed E-state index contributed by atoms with van der Waals surface area (Å²) in [7, 11) is 0. The van der Waals surface area contributed by atoms with Crippen LogP contribution >= 0.6 is 0 Å². The average molecular weight is 360 g/mol. The van der Waals surface area contributed by atoms with E-state index in [0.29, 0.717) is 11.3 Å². The van der Waals surface area contributed by atoms with Crippen LogP contribution in [0.25, 0.3) is 0 Å². The van der Waals surface area contributed by atoms with Crippen LogP contribution in [-0.2, 0) is 9.59 Å². The molecule has 2 fully saturated rings. The molecule has 1 aliphatic heterocycles. The molecular formula is C21H29FN2O2. The first-order valence-corrected chi connectivity index (χ1v) is 9.61. The van der Waals surface area contributed by atoms with Crippen LogP contribution in [0.3, 0.4) is 0 Å². The zero-order chi connectivity index (χ0) is 18.9. The van der Waals surface area contributed by atoms with Crippen molar-refractivity contribution in [2.75, 3.05) is 11.4 Å². The van der Waals surface area contributed by atoms with Crippen LogP contribution in [0.2, 0.25) is 0 Å². The number of nitrogens with zero attached hydrogens (tertiary/aromatic N) is 1. The second kappa shape index (κ2) is 7.37. The summed E-state index contributed by atoms with van der Waals surface area (Å²) in [6.07, 6.45) is 4.38. The molecule has 0 unspecified atom stereocenters. The van der Waals surface area contributed by atoms with E-state index in [0.717, 1.165) is 25.7 Å². The summed E-state index contributed by atoms with van der Waals surface area (Å²) < 4.78 is 14.0. The number of para-hydroxylation sites is 1. The summed E-state index contributed by atoms with van der Waals surface area (Å²) in [5, 5.41) is 3.13. The van der Waals surface area contributed by atoms with Gasteiger partial charge in [0.05, 0.1) is 11.6 Å². The van der Waals surface area contributed by atoms with Gasteiger partial charge in [0.25, 0.3) is 0 Å². The van der Waals surface area contributed by atoms with Gasteiger partial charge in [-0.1, -0.05) is 32.9 Å². The van der Waals surface area contributed by atoms with Crippen LogP contribution in [-0.4, -0.2) is 24.4 Å². The largest absolute Gasteiger partial charge is 0.353 e. The Morgan fingerprint density at radius 1 is 1.15 bits per heavy atom. The lowest BCUT2D eigenvalue weighted by atomic mass is 9.71. The highest BCUT2D eigenvalue weighted by molar-refractivity contribution is 6.00. The molecule has 2 aliphatic rings. The molecule has 1 N–H and O–H groups in total. The first kappa shape index (κ1) is 18.9. The number of nitrogens with one attached hydrogen (secondary N) is 1. The van der Waals surface area contributed by atoms with Crippen molar-refractivity contribution < 1.29 is 14.0 Å². The van der Waals surface area contributed by atoms with Gasteiger partial charge >= 0.3 is 0 Å². The second-order valence-electron chi connectivity index (χ2n) is 8.78. The summed E-state index contributed by atoms with van der Waals surface area (Å²) in [5.74, 6) is -0.395. The van der Waals surface area contributed by atoms with E-state index < -0.39 is 11.7 Å². The summed E-state index contributed by atoms with van der Waals surface area (Å²) in [6.45, 7) is 7.08. The maximum Gasteiger partial charge on any atom is 0.227 e. The molecule has 1 saturated carbocycles. The molecule has 142 valence electrons. The van der Waals surface area contributed by atoms with E-state index in [2.05, 4.69) is 26.1 Å². The number of amides is 2. The third-order valence-electron chi connectivity index (χ3n) is 5.94. The standard InChI is InChI=1S/C21H29FN2O2/c1-21(2,3)15-8-10-16(11-9-15)23-20(26)14-12-19(25)24(13-14)18-7-5-4-6-17(18)22/h4-7,14-16H,8-13H2,1-3H3,(H,23,26)/t14-,15?,16?/m0/s1. The lowest BCUT2D eigenvalue weighted by molar-refractivity contribution is -0.127. The van der Waals surface area contributed by atoms with Crippen LogP contribution in [0.4, 0.5) is 10.1 Å². The van der Waals surface area contributed by atoms with Crippen molar-refractivity contribution in [1.82, 2.24) is 5.32 Å². The first-order chi connectivity index (χ1) is 12.3. The fourth-order valence-electron chi connectivity index (χ4n) is 4.21. The number of halogens is 1. The minimum atomic E-state index is -0.428. The van der Waals surface area contributed by atoms with Crippen molar-refractivity contribution >= 4 is 17.5 Å². The Morgan fingerprint density at radius 2 is 1.81 bits per heavy atom. The molecule has 1 aliphatic carbocycles. The molecule has 1 atom stereocenters. The molecular weight excluding hydrogens is 331 g/mol. The highest BCUT2D eigenvalue weighted by Gasteiger charge is 2.37. The van der Waals surface area contributed by atoms with Crippen LogP contribution in [0.15, 0.2) is 24.3 Å². The minimum absolute atomic E-state index is 0.0728. The van der Waals surface area contributed by atoms with Gasteiger partial charge in [0, 0.05) is 19.0 Å². The van der Waals surface area contributed by atoms with Crippen LogP contribution in [0, 0.1) is 23.1 Å². The summed E-state index contributed by atoms with van der Waals surface area (Å²) >= 11 is 0. The molecule has 0 radical (unpaired) electrons. The summed E-state index contributed by atoms with van der Waals surface area (Å²) in [4.78, 5) is 26.3. The zero-order valence-electron chi connectivity index (χ0n) is 15.9. The van der Waals surface area contributed by atoms with E-state index in [4.69, 9.17) is 0 Å². The predicted octanol–water partition coefficient (Wildman–Crippen LogP) is 3.90. The predicted molar refractivity (Wildman–Crippen MR) is 100 cm³/mol. The van der Waals surface area contributed by atoms with Crippen LogP contribution < -0.4 is 10.2 Å². The van der Waals surface area contributed by atoms with Gasteiger partial charge in [0.15, 0.2) is 0 Å². The Balaban J connectivity index is 1.55. The number of rotatable bonds is 3. The SMILES string of the molecule is CC(C)(C)C1CCC(NC(=O)[C@H]2CC(=O)N(c3ccccc3F)C2)CC1. The molecule has 0 spiro atoms. The van der Waals surface area contributed by atoms with Gasteiger partial charge in [0.2, 0.25) is 11.8 Å². The van der Waals surface area contributed by atoms with E-state index in [1.807, 2.05) is 0 Å². The van der Waals surface area contributed by atoms with E-state index >= 15 is 0 Å². The van der Waals surface area contributed by atoms with Gasteiger partial charge in [-0.2, -0.15) is 0 Å². The van der Waals surface area contributed by atoms with Crippen molar-refractivity contribution in [2.45, 2.75) is 58.9 Å². The third kappa shape index (κ3) is 4.08. The van der Waals surface area contributed by atoms with Crippen LogP contribution in [0.5, 0.6) is 0 Å². The fraction of sp³-hybridized carbons (Fsp3) is 0.619. The lowest BCUT2D eigenvalue weighted by Gasteiger charge is -2.37. The average Bonchev–Trinajstić information content (AvgIpc) is 2.97. The van der Waals surface area contributed by atoms with Crippen molar-refractivity contribution in [2.24, 2.45) is 17.3 Å². The van der Waals surface area contributed by atoms with Gasteiger partial charge in [-0.05, 0) is 49.1 Å². The van der Waals surface area contributed by atoms with E-state index in [9.17, 15) is 14.0 Å². The summed E-state index contributed by atoms with van der Waals surface area (Å²) in [6, 6.07) is 6.41. The number of benzene rings is 1. The van der Waals surface area contributed by atoms with Gasteiger partial charge in [-0.3, -0.25) is 9.59 Å². The number of anilines is 1. The maximum atomic E-state index is 14.0. The highest BCUT2D eigenvalue weighted by atomic mass is 19.1. The molecule has 1 saturated heterocycles. The second-order valence-corrected chi connectivity index (χ2v) is 8.78. The lowest BCUT2D eigenvalue weighted by Crippen LogP contribution is -2.42. The monoisotopic (exact) mass is 360 g/mol. The van der Waals surface area contributed by atoms with E-state index in [1.165, 1.54) is 11.0 Å². The van der Waals surface area contributed by atoms with Crippen molar-refractivity contribution in [3.05, 3.63) is 30.1 Å². The van der Waals surface area contributed by atoms with Gasteiger partial charge in [0.1, 0.15) is 5.82 Å². The fourth-order valence-corrected chi connectivity index (χ4v) is 4.21. The zero-order valence-corrected chi connectivity index (χ0v) is 15.9. The topological polar surface area (TPSA) is 49.4 Å². The Bertz CT molecular complexity index is 675. The Morgan fingerprint density at radius 3 is 2.42 bits per heavy atom.